The Kier molecular flexibility index (Phi) is 2.87. The molecular weight excluding hydrogens is 198 g/mol. The molecule has 3 nitrogen and oxygen atoms in total. The minimum absolute atomic E-state index is 0.300. The highest BCUT2D eigenvalue weighted by Crippen LogP contribution is 2.36. The van der Waals surface area contributed by atoms with Crippen LogP contribution in [0.25, 0.3) is 0 Å². The van der Waals surface area contributed by atoms with Crippen molar-refractivity contribution in [1.82, 2.24) is 9.97 Å². The van der Waals surface area contributed by atoms with Crippen LogP contribution in [0.15, 0.2) is 12.3 Å². The molecule has 0 saturated heterocycles. The molecule has 1 aliphatic rings. The van der Waals surface area contributed by atoms with E-state index in [9.17, 15) is 0 Å². The predicted molar refractivity (Wildman–Crippen MR) is 57.4 cm³/mol. The molecule has 0 amide bonds. The van der Waals surface area contributed by atoms with Gasteiger partial charge in [-0.3, -0.25) is 0 Å². The first-order valence-electron chi connectivity index (χ1n) is 4.98. The molecule has 1 unspecified atom stereocenters. The number of anilines is 1. The monoisotopic (exact) mass is 211 g/mol. The van der Waals surface area contributed by atoms with Crippen LogP contribution in [0, 0.1) is 11.8 Å². The lowest BCUT2D eigenvalue weighted by atomic mass is 10.1. The fraction of sp³-hybridized carbons (Fsp3) is 0.600. The summed E-state index contributed by atoms with van der Waals surface area (Å²) in [5.74, 6) is 2.46. The van der Waals surface area contributed by atoms with Crippen molar-refractivity contribution < 1.29 is 0 Å². The first-order chi connectivity index (χ1) is 6.75. The van der Waals surface area contributed by atoms with Gasteiger partial charge in [0, 0.05) is 12.7 Å². The number of halogens is 1. The zero-order valence-electron chi connectivity index (χ0n) is 8.20. The summed E-state index contributed by atoms with van der Waals surface area (Å²) < 4.78 is 0. The molecule has 4 heteroatoms. The van der Waals surface area contributed by atoms with Gasteiger partial charge in [-0.1, -0.05) is 6.92 Å². The zero-order chi connectivity index (χ0) is 9.97. The number of aromatic nitrogens is 2. The Morgan fingerprint density at radius 3 is 3.07 bits per heavy atom. The Balaban J connectivity index is 1.84. The van der Waals surface area contributed by atoms with Gasteiger partial charge in [0.25, 0.3) is 0 Å². The predicted octanol–water partition coefficient (Wildman–Crippen LogP) is 2.59. The number of nitrogens with one attached hydrogen (secondary N) is 1. The lowest BCUT2D eigenvalue weighted by molar-refractivity contribution is 0.536. The van der Waals surface area contributed by atoms with Crippen LogP contribution >= 0.6 is 11.6 Å². The fourth-order valence-electron chi connectivity index (χ4n) is 1.53. The quantitative estimate of drug-likeness (QED) is 0.778. The van der Waals surface area contributed by atoms with E-state index < -0.39 is 0 Å². The molecule has 2 rings (SSSR count). The second kappa shape index (κ2) is 4.13. The molecule has 1 fully saturated rings. The van der Waals surface area contributed by atoms with Gasteiger partial charge in [-0.15, -0.1) is 0 Å². The molecule has 0 radical (unpaired) electrons. The highest BCUT2D eigenvalue weighted by Gasteiger charge is 2.27. The Morgan fingerprint density at radius 1 is 1.64 bits per heavy atom. The van der Waals surface area contributed by atoms with Gasteiger partial charge in [-0.2, -0.15) is 0 Å². The highest BCUT2D eigenvalue weighted by atomic mass is 35.5. The molecule has 0 aromatic carbocycles. The van der Waals surface area contributed by atoms with Crippen LogP contribution < -0.4 is 5.32 Å². The molecule has 76 valence electrons. The molecule has 14 heavy (non-hydrogen) atoms. The fourth-order valence-corrected chi connectivity index (χ4v) is 1.68. The summed E-state index contributed by atoms with van der Waals surface area (Å²) >= 11 is 5.67. The maximum atomic E-state index is 5.67. The largest absolute Gasteiger partial charge is 0.370 e. The molecule has 1 N–H and O–H groups in total. The zero-order valence-corrected chi connectivity index (χ0v) is 8.96. The van der Waals surface area contributed by atoms with Gasteiger partial charge in [-0.05, 0) is 42.3 Å². The second-order valence-corrected chi connectivity index (χ2v) is 4.24. The summed E-state index contributed by atoms with van der Waals surface area (Å²) in [6, 6.07) is 1.84. The molecule has 1 saturated carbocycles. The summed E-state index contributed by atoms with van der Waals surface area (Å²) in [7, 11) is 0. The van der Waals surface area contributed by atoms with Crippen LogP contribution in [-0.2, 0) is 0 Å². The highest BCUT2D eigenvalue weighted by molar-refractivity contribution is 6.28. The van der Waals surface area contributed by atoms with E-state index in [1.165, 1.54) is 12.8 Å². The van der Waals surface area contributed by atoms with E-state index in [2.05, 4.69) is 22.2 Å². The van der Waals surface area contributed by atoms with Crippen LogP contribution in [0.4, 0.5) is 5.82 Å². The van der Waals surface area contributed by atoms with Crippen LogP contribution in [0.3, 0.4) is 0 Å². The molecule has 1 aromatic rings. The summed E-state index contributed by atoms with van der Waals surface area (Å²) in [5.41, 5.74) is 0. The maximum Gasteiger partial charge on any atom is 0.224 e. The Bertz CT molecular complexity index is 312. The van der Waals surface area contributed by atoms with Crippen molar-refractivity contribution in [1.29, 1.82) is 0 Å². The minimum Gasteiger partial charge on any atom is -0.370 e. The summed E-state index contributed by atoms with van der Waals surface area (Å²) in [5, 5.41) is 3.57. The van der Waals surface area contributed by atoms with E-state index in [1.807, 2.05) is 6.07 Å². The topological polar surface area (TPSA) is 37.8 Å². The molecule has 0 aliphatic heterocycles. The summed E-state index contributed by atoms with van der Waals surface area (Å²) in [6.07, 6.45) is 4.43. The van der Waals surface area contributed by atoms with E-state index in [0.717, 1.165) is 24.2 Å². The van der Waals surface area contributed by atoms with Gasteiger partial charge < -0.3 is 5.32 Å². The van der Waals surface area contributed by atoms with Crippen molar-refractivity contribution in [3.63, 3.8) is 0 Å². The molecular formula is C10H14ClN3. The Hall–Kier alpha value is -0.830. The Labute approximate surface area is 88.9 Å². The lowest BCUT2D eigenvalue weighted by Gasteiger charge is -2.11. The third kappa shape index (κ3) is 2.58. The standard InChI is InChI=1S/C10H14ClN3/c1-7(8-2-3-8)6-13-9-4-5-12-10(11)14-9/h4-5,7-8H,2-3,6H2,1H3,(H,12,13,14). The van der Waals surface area contributed by atoms with Crippen LogP contribution in [0.2, 0.25) is 5.28 Å². The van der Waals surface area contributed by atoms with Gasteiger partial charge in [0.05, 0.1) is 0 Å². The Morgan fingerprint density at radius 2 is 2.43 bits per heavy atom. The molecule has 0 bridgehead atoms. The second-order valence-electron chi connectivity index (χ2n) is 3.91. The normalized spacial score (nSPS) is 17.9. The van der Waals surface area contributed by atoms with E-state index in [0.29, 0.717) is 5.28 Å². The van der Waals surface area contributed by atoms with E-state index in [4.69, 9.17) is 11.6 Å². The number of hydrogen-bond donors (Lipinski definition) is 1. The summed E-state index contributed by atoms with van der Waals surface area (Å²) in [4.78, 5) is 7.90. The van der Waals surface area contributed by atoms with Crippen molar-refractivity contribution in [3.8, 4) is 0 Å². The van der Waals surface area contributed by atoms with Crippen molar-refractivity contribution in [2.45, 2.75) is 19.8 Å². The molecule has 1 heterocycles. The van der Waals surface area contributed by atoms with Gasteiger partial charge in [0.15, 0.2) is 0 Å². The SMILES string of the molecule is CC(CNc1ccnc(Cl)n1)C1CC1. The van der Waals surface area contributed by atoms with Crippen molar-refractivity contribution in [2.75, 3.05) is 11.9 Å². The van der Waals surface area contributed by atoms with E-state index in [1.54, 1.807) is 6.20 Å². The first kappa shape index (κ1) is 9.71. The van der Waals surface area contributed by atoms with Crippen molar-refractivity contribution in [2.24, 2.45) is 11.8 Å². The molecule has 1 atom stereocenters. The van der Waals surface area contributed by atoms with Crippen LogP contribution in [0.5, 0.6) is 0 Å². The van der Waals surface area contributed by atoms with E-state index in [-0.39, 0.29) is 0 Å². The average Bonchev–Trinajstić information content (AvgIpc) is 2.97. The number of nitrogens with zero attached hydrogens (tertiary/aromatic N) is 2. The van der Waals surface area contributed by atoms with Gasteiger partial charge >= 0.3 is 0 Å². The maximum absolute atomic E-state index is 5.67. The molecule has 1 aliphatic carbocycles. The minimum atomic E-state index is 0.300. The third-order valence-electron chi connectivity index (χ3n) is 2.66. The first-order valence-corrected chi connectivity index (χ1v) is 5.36. The smallest absolute Gasteiger partial charge is 0.224 e. The van der Waals surface area contributed by atoms with Gasteiger partial charge in [0.1, 0.15) is 5.82 Å². The average molecular weight is 212 g/mol. The van der Waals surface area contributed by atoms with Crippen LogP contribution in [-0.4, -0.2) is 16.5 Å². The van der Waals surface area contributed by atoms with Gasteiger partial charge in [0.2, 0.25) is 5.28 Å². The number of hydrogen-bond acceptors (Lipinski definition) is 3. The summed E-state index contributed by atoms with van der Waals surface area (Å²) in [6.45, 7) is 3.24. The third-order valence-corrected chi connectivity index (χ3v) is 2.84. The van der Waals surface area contributed by atoms with E-state index >= 15 is 0 Å². The van der Waals surface area contributed by atoms with Crippen molar-refractivity contribution >= 4 is 17.4 Å². The van der Waals surface area contributed by atoms with Gasteiger partial charge in [-0.25, -0.2) is 9.97 Å². The molecule has 0 spiro atoms. The van der Waals surface area contributed by atoms with Crippen LogP contribution in [0.1, 0.15) is 19.8 Å². The number of rotatable bonds is 4. The lowest BCUT2D eigenvalue weighted by Crippen LogP contribution is -2.13. The van der Waals surface area contributed by atoms with Crippen molar-refractivity contribution in [3.05, 3.63) is 17.5 Å². The molecule has 1 aromatic heterocycles.